The molecule has 0 heterocycles. The molecule has 2 heteroatoms. The van der Waals surface area contributed by atoms with Gasteiger partial charge >= 0.3 is 0 Å². The van der Waals surface area contributed by atoms with E-state index < -0.39 is 0 Å². The Morgan fingerprint density at radius 1 is 1.56 bits per heavy atom. The highest BCUT2D eigenvalue weighted by atomic mass is 32.1. The molecular weight excluding hydrogens is 132 g/mol. The zero-order chi connectivity index (χ0) is 7.11. The highest BCUT2D eigenvalue weighted by molar-refractivity contribution is 7.78. The minimum absolute atomic E-state index is 0.354. The van der Waals surface area contributed by atoms with E-state index in [0.717, 1.165) is 12.8 Å². The van der Waals surface area contributed by atoms with Gasteiger partial charge in [0.1, 0.15) is 5.55 Å². The van der Waals surface area contributed by atoms with Crippen molar-refractivity contribution < 1.29 is 4.74 Å². The SMILES string of the molecule is CCCC(CC)OC=S. The standard InChI is InChI=1S/C7H14OS/c1-3-5-7(4-2)8-6-9/h6-7H,3-5H2,1-2H3. The molecule has 0 saturated carbocycles. The van der Waals surface area contributed by atoms with E-state index in [1.807, 2.05) is 0 Å². The molecule has 0 aromatic rings. The van der Waals surface area contributed by atoms with Gasteiger partial charge in [-0.15, -0.1) is 0 Å². The minimum atomic E-state index is 0.354. The Morgan fingerprint density at radius 2 is 2.22 bits per heavy atom. The molecule has 0 aromatic heterocycles. The zero-order valence-electron chi connectivity index (χ0n) is 6.09. The molecule has 1 atom stereocenters. The number of ether oxygens (including phenoxy) is 1. The van der Waals surface area contributed by atoms with Gasteiger partial charge in [-0.1, -0.05) is 20.3 Å². The number of hydrogen-bond donors (Lipinski definition) is 0. The number of thiocarbonyl (C=S) groups is 1. The maximum absolute atomic E-state index is 5.12. The molecule has 0 rings (SSSR count). The maximum atomic E-state index is 5.12. The van der Waals surface area contributed by atoms with E-state index >= 15 is 0 Å². The summed E-state index contributed by atoms with van der Waals surface area (Å²) in [5.74, 6) is 0. The first-order chi connectivity index (χ1) is 4.35. The molecule has 0 aliphatic heterocycles. The van der Waals surface area contributed by atoms with Gasteiger partial charge in [-0.05, 0) is 25.1 Å². The smallest absolute Gasteiger partial charge is 0.146 e. The van der Waals surface area contributed by atoms with Crippen LogP contribution in [0.2, 0.25) is 0 Å². The average Bonchev–Trinajstić information content (AvgIpc) is 1.88. The second-order valence-corrected chi connectivity index (χ2v) is 2.24. The summed E-state index contributed by atoms with van der Waals surface area (Å²) >= 11 is 4.56. The summed E-state index contributed by atoms with van der Waals surface area (Å²) in [4.78, 5) is 0. The van der Waals surface area contributed by atoms with Crippen LogP contribution in [-0.2, 0) is 4.74 Å². The van der Waals surface area contributed by atoms with E-state index in [2.05, 4.69) is 26.1 Å². The Balaban J connectivity index is 3.28. The Kier molecular flexibility index (Phi) is 5.94. The molecule has 0 spiro atoms. The number of hydrogen-bond acceptors (Lipinski definition) is 2. The zero-order valence-corrected chi connectivity index (χ0v) is 6.91. The second kappa shape index (κ2) is 6.02. The van der Waals surface area contributed by atoms with Crippen molar-refractivity contribution in [2.45, 2.75) is 39.2 Å². The second-order valence-electron chi connectivity index (χ2n) is 2.05. The molecule has 0 N–H and O–H groups in total. The molecule has 1 nitrogen and oxygen atoms in total. The Morgan fingerprint density at radius 3 is 2.56 bits per heavy atom. The van der Waals surface area contributed by atoms with Crippen molar-refractivity contribution in [3.8, 4) is 0 Å². The van der Waals surface area contributed by atoms with E-state index in [1.54, 1.807) is 0 Å². The van der Waals surface area contributed by atoms with Crippen LogP contribution >= 0.6 is 12.2 Å². The van der Waals surface area contributed by atoms with Gasteiger partial charge in [0.05, 0.1) is 6.10 Å². The highest BCUT2D eigenvalue weighted by Crippen LogP contribution is 2.04. The van der Waals surface area contributed by atoms with Crippen LogP contribution in [0.15, 0.2) is 0 Å². The van der Waals surface area contributed by atoms with Gasteiger partial charge in [0.2, 0.25) is 0 Å². The van der Waals surface area contributed by atoms with Crippen LogP contribution in [0.25, 0.3) is 0 Å². The van der Waals surface area contributed by atoms with Gasteiger partial charge in [0.15, 0.2) is 0 Å². The summed E-state index contributed by atoms with van der Waals surface area (Å²) in [5, 5.41) is 0. The summed E-state index contributed by atoms with van der Waals surface area (Å²) in [7, 11) is 0. The van der Waals surface area contributed by atoms with Crippen molar-refractivity contribution in [2.75, 3.05) is 0 Å². The molecule has 0 saturated heterocycles. The fraction of sp³-hybridized carbons (Fsp3) is 0.857. The molecule has 9 heavy (non-hydrogen) atoms. The van der Waals surface area contributed by atoms with Gasteiger partial charge in [-0.3, -0.25) is 0 Å². The minimum Gasteiger partial charge on any atom is -0.487 e. The van der Waals surface area contributed by atoms with Gasteiger partial charge in [0.25, 0.3) is 0 Å². The first-order valence-electron chi connectivity index (χ1n) is 3.44. The predicted octanol–water partition coefficient (Wildman–Crippen LogP) is 2.54. The summed E-state index contributed by atoms with van der Waals surface area (Å²) in [6.07, 6.45) is 3.69. The molecule has 0 amide bonds. The van der Waals surface area contributed by atoms with Crippen LogP contribution < -0.4 is 0 Å². The third-order valence-electron chi connectivity index (χ3n) is 1.31. The van der Waals surface area contributed by atoms with Gasteiger partial charge in [-0.2, -0.15) is 0 Å². The predicted molar refractivity (Wildman–Crippen MR) is 43.7 cm³/mol. The molecule has 0 aromatic carbocycles. The summed E-state index contributed by atoms with van der Waals surface area (Å²) in [6.45, 7) is 4.26. The molecule has 0 bridgehead atoms. The molecule has 54 valence electrons. The first-order valence-corrected chi connectivity index (χ1v) is 3.91. The summed E-state index contributed by atoms with van der Waals surface area (Å²) in [5.41, 5.74) is 1.36. The van der Waals surface area contributed by atoms with E-state index in [9.17, 15) is 0 Å². The Hall–Kier alpha value is -0.110. The van der Waals surface area contributed by atoms with Gasteiger partial charge < -0.3 is 4.74 Å². The van der Waals surface area contributed by atoms with E-state index in [0.29, 0.717) is 6.10 Å². The van der Waals surface area contributed by atoms with Crippen LogP contribution in [0.5, 0.6) is 0 Å². The lowest BCUT2D eigenvalue weighted by Gasteiger charge is -2.11. The fourth-order valence-corrected chi connectivity index (χ4v) is 0.926. The molecule has 0 aliphatic carbocycles. The Labute approximate surface area is 62.4 Å². The quantitative estimate of drug-likeness (QED) is 0.551. The average molecular weight is 146 g/mol. The van der Waals surface area contributed by atoms with Crippen LogP contribution in [0.3, 0.4) is 0 Å². The molecule has 0 radical (unpaired) electrons. The normalized spacial score (nSPS) is 12.7. The van der Waals surface area contributed by atoms with Gasteiger partial charge in [0, 0.05) is 0 Å². The summed E-state index contributed by atoms with van der Waals surface area (Å²) in [6, 6.07) is 0. The molecule has 1 unspecified atom stereocenters. The molecule has 0 fully saturated rings. The van der Waals surface area contributed by atoms with Crippen molar-refractivity contribution in [3.05, 3.63) is 0 Å². The van der Waals surface area contributed by atoms with Gasteiger partial charge in [-0.25, -0.2) is 0 Å². The lowest BCUT2D eigenvalue weighted by molar-refractivity contribution is 0.188. The van der Waals surface area contributed by atoms with Crippen molar-refractivity contribution >= 4 is 17.8 Å². The van der Waals surface area contributed by atoms with E-state index in [1.165, 1.54) is 12.0 Å². The topological polar surface area (TPSA) is 9.23 Å². The highest BCUT2D eigenvalue weighted by Gasteiger charge is 2.01. The van der Waals surface area contributed by atoms with Crippen molar-refractivity contribution in [3.63, 3.8) is 0 Å². The molecule has 0 aliphatic rings. The van der Waals surface area contributed by atoms with E-state index in [4.69, 9.17) is 4.74 Å². The van der Waals surface area contributed by atoms with E-state index in [-0.39, 0.29) is 0 Å². The lowest BCUT2D eigenvalue weighted by atomic mass is 10.2. The number of rotatable bonds is 5. The first kappa shape index (κ1) is 8.89. The third kappa shape index (κ3) is 4.40. The van der Waals surface area contributed by atoms with Crippen molar-refractivity contribution in [1.82, 2.24) is 0 Å². The van der Waals surface area contributed by atoms with Crippen LogP contribution in [0, 0.1) is 0 Å². The van der Waals surface area contributed by atoms with Crippen molar-refractivity contribution in [1.29, 1.82) is 0 Å². The largest absolute Gasteiger partial charge is 0.487 e. The van der Waals surface area contributed by atoms with Crippen LogP contribution in [0.1, 0.15) is 33.1 Å². The lowest BCUT2D eigenvalue weighted by Crippen LogP contribution is -2.08. The fourth-order valence-electron chi connectivity index (χ4n) is 0.769. The Bertz CT molecular complexity index is 73.3. The molecular formula is C7H14OS. The van der Waals surface area contributed by atoms with Crippen LogP contribution in [-0.4, -0.2) is 11.7 Å². The summed E-state index contributed by atoms with van der Waals surface area (Å²) < 4.78 is 5.12. The monoisotopic (exact) mass is 146 g/mol. The maximum Gasteiger partial charge on any atom is 0.146 e. The van der Waals surface area contributed by atoms with Crippen molar-refractivity contribution in [2.24, 2.45) is 0 Å². The van der Waals surface area contributed by atoms with Crippen LogP contribution in [0.4, 0.5) is 0 Å². The third-order valence-corrected chi connectivity index (χ3v) is 1.43.